The number of rotatable bonds is 3. The topological polar surface area (TPSA) is 72.8 Å². The molecule has 0 atom stereocenters. The van der Waals surface area contributed by atoms with Gasteiger partial charge in [-0.2, -0.15) is 0 Å². The predicted molar refractivity (Wildman–Crippen MR) is 42.1 cm³/mol. The summed E-state index contributed by atoms with van der Waals surface area (Å²) in [6, 6.07) is 0. The first-order valence-corrected chi connectivity index (χ1v) is 3.98. The molecule has 0 saturated carbocycles. The Morgan fingerprint density at radius 3 is 2.46 bits per heavy atom. The molecule has 1 heterocycles. The molecule has 0 aromatic carbocycles. The van der Waals surface area contributed by atoms with E-state index in [0.29, 0.717) is 0 Å². The number of hydrogen-bond donors (Lipinski definition) is 1. The van der Waals surface area contributed by atoms with E-state index in [4.69, 9.17) is 5.11 Å². The Hall–Kier alpha value is -1.10. The van der Waals surface area contributed by atoms with Gasteiger partial charge in [0.05, 0.1) is 12.0 Å². The van der Waals surface area contributed by atoms with Crippen LogP contribution in [0.1, 0.15) is 13.3 Å². The molecule has 1 fully saturated rings. The number of Topliss-reactive ketones (excluding diaryl/α,β-unsaturated/α-hetero) is 1. The lowest BCUT2D eigenvalue weighted by Crippen LogP contribution is -2.43. The first kappa shape index (κ1) is 9.98. The minimum Gasteiger partial charge on any atom is -0.433 e. The quantitative estimate of drug-likeness (QED) is 0.636. The molecule has 0 aromatic heterocycles. The molecule has 13 heavy (non-hydrogen) atoms. The Morgan fingerprint density at radius 2 is 2.08 bits per heavy atom. The highest BCUT2D eigenvalue weighted by Gasteiger charge is 2.38. The van der Waals surface area contributed by atoms with Crippen LogP contribution in [0.2, 0.25) is 0 Å². The van der Waals surface area contributed by atoms with Crippen LogP contribution in [0.3, 0.4) is 0 Å². The third-order valence-corrected chi connectivity index (χ3v) is 1.95. The molecule has 1 saturated heterocycles. The zero-order valence-corrected chi connectivity index (χ0v) is 7.41. The van der Waals surface area contributed by atoms with Crippen LogP contribution >= 0.6 is 0 Å². The number of aliphatic hydroxyl groups excluding tert-OH is 1. The molecule has 74 valence electrons. The lowest BCUT2D eigenvalue weighted by molar-refractivity contribution is -0.128. The van der Waals surface area contributed by atoms with Gasteiger partial charge in [-0.25, -0.2) is 4.79 Å². The second kappa shape index (κ2) is 3.74. The Morgan fingerprint density at radius 1 is 1.54 bits per heavy atom. The van der Waals surface area contributed by atoms with E-state index in [1.807, 2.05) is 0 Å². The molecule has 0 unspecified atom stereocenters. The number of ketones is 1. The van der Waals surface area contributed by atoms with Crippen molar-refractivity contribution in [2.24, 2.45) is 5.41 Å². The summed E-state index contributed by atoms with van der Waals surface area (Å²) in [5.41, 5.74) is -0.736. The van der Waals surface area contributed by atoms with Crippen LogP contribution in [0.4, 0.5) is 4.79 Å². The largest absolute Gasteiger partial charge is 0.508 e. The molecule has 0 radical (unpaired) electrons. The van der Waals surface area contributed by atoms with Gasteiger partial charge in [0, 0.05) is 6.42 Å². The van der Waals surface area contributed by atoms with Crippen LogP contribution in [-0.4, -0.2) is 36.9 Å². The summed E-state index contributed by atoms with van der Waals surface area (Å²) in [7, 11) is 0. The number of carbonyl (C=O) groups excluding carboxylic acids is 2. The van der Waals surface area contributed by atoms with Gasteiger partial charge in [0.1, 0.15) is 19.0 Å². The molecular formula is C8H12O5. The van der Waals surface area contributed by atoms with Gasteiger partial charge in [0.25, 0.3) is 0 Å². The molecule has 1 N–H and O–H groups in total. The zero-order chi connectivity index (χ0) is 9.90. The normalized spacial score (nSPS) is 20.3. The van der Waals surface area contributed by atoms with Crippen molar-refractivity contribution in [3.63, 3.8) is 0 Å². The Labute approximate surface area is 75.6 Å². The molecular weight excluding hydrogens is 176 g/mol. The number of cyclic esters (lactones) is 2. The van der Waals surface area contributed by atoms with E-state index in [1.165, 1.54) is 6.92 Å². The van der Waals surface area contributed by atoms with E-state index in [2.05, 4.69) is 9.47 Å². The van der Waals surface area contributed by atoms with Crippen LogP contribution in [0.5, 0.6) is 0 Å². The Bertz CT molecular complexity index is 213. The summed E-state index contributed by atoms with van der Waals surface area (Å²) in [5.74, 6) is -0.0596. The lowest BCUT2D eigenvalue weighted by atomic mass is 9.85. The second-order valence-electron chi connectivity index (χ2n) is 3.36. The smallest absolute Gasteiger partial charge is 0.433 e. The SMILES string of the molecule is CC(=O)CC1(CO)COC(=O)OC1. The van der Waals surface area contributed by atoms with Gasteiger partial charge < -0.3 is 19.4 Å². The van der Waals surface area contributed by atoms with Crippen molar-refractivity contribution in [2.45, 2.75) is 13.3 Å². The molecule has 0 aliphatic carbocycles. The number of carbonyl (C=O) groups is 2. The summed E-state index contributed by atoms with van der Waals surface area (Å²) in [6.45, 7) is 1.29. The Kier molecular flexibility index (Phi) is 2.87. The Balaban J connectivity index is 2.60. The molecule has 0 spiro atoms. The van der Waals surface area contributed by atoms with Crippen molar-refractivity contribution in [3.05, 3.63) is 0 Å². The lowest BCUT2D eigenvalue weighted by Gasteiger charge is -2.32. The van der Waals surface area contributed by atoms with Crippen LogP contribution in [-0.2, 0) is 14.3 Å². The highest BCUT2D eigenvalue weighted by molar-refractivity contribution is 5.76. The standard InChI is InChI=1S/C8H12O5/c1-6(10)2-8(3-9)4-12-7(11)13-5-8/h9H,2-5H2,1H3. The van der Waals surface area contributed by atoms with Gasteiger partial charge >= 0.3 is 6.16 Å². The fourth-order valence-electron chi connectivity index (χ4n) is 1.28. The maximum Gasteiger partial charge on any atom is 0.508 e. The highest BCUT2D eigenvalue weighted by Crippen LogP contribution is 2.26. The molecule has 5 nitrogen and oxygen atoms in total. The third kappa shape index (κ3) is 2.42. The number of hydrogen-bond acceptors (Lipinski definition) is 5. The predicted octanol–water partition coefficient (Wildman–Crippen LogP) is 0.111. The van der Waals surface area contributed by atoms with E-state index in [1.54, 1.807) is 0 Å². The molecule has 0 aromatic rings. The van der Waals surface area contributed by atoms with E-state index >= 15 is 0 Å². The molecule has 1 rings (SSSR count). The van der Waals surface area contributed by atoms with Gasteiger partial charge in [-0.1, -0.05) is 0 Å². The van der Waals surface area contributed by atoms with E-state index in [0.717, 1.165) is 0 Å². The maximum absolute atomic E-state index is 10.9. The molecule has 1 aliphatic rings. The first-order valence-electron chi connectivity index (χ1n) is 3.98. The number of aliphatic hydroxyl groups is 1. The monoisotopic (exact) mass is 188 g/mol. The van der Waals surface area contributed by atoms with Gasteiger partial charge in [0.15, 0.2) is 0 Å². The summed E-state index contributed by atoms with van der Waals surface area (Å²) in [5, 5.41) is 9.05. The average Bonchev–Trinajstić information content (AvgIpc) is 2.09. The molecule has 1 aliphatic heterocycles. The van der Waals surface area contributed by atoms with Gasteiger partial charge in [0.2, 0.25) is 0 Å². The van der Waals surface area contributed by atoms with Crippen molar-refractivity contribution < 1.29 is 24.2 Å². The van der Waals surface area contributed by atoms with Crippen molar-refractivity contribution in [3.8, 4) is 0 Å². The summed E-state index contributed by atoms with van der Waals surface area (Å²) in [4.78, 5) is 21.4. The van der Waals surface area contributed by atoms with Crippen LogP contribution in [0.25, 0.3) is 0 Å². The minimum atomic E-state index is -0.743. The van der Waals surface area contributed by atoms with Gasteiger partial charge in [-0.3, -0.25) is 0 Å². The summed E-state index contributed by atoms with van der Waals surface area (Å²) < 4.78 is 9.22. The van der Waals surface area contributed by atoms with Gasteiger partial charge in [-0.05, 0) is 6.92 Å². The minimum absolute atomic E-state index is 0.0436. The van der Waals surface area contributed by atoms with Crippen molar-refractivity contribution in [1.82, 2.24) is 0 Å². The fourth-order valence-corrected chi connectivity index (χ4v) is 1.28. The van der Waals surface area contributed by atoms with Gasteiger partial charge in [-0.15, -0.1) is 0 Å². The highest BCUT2D eigenvalue weighted by atomic mass is 16.7. The second-order valence-corrected chi connectivity index (χ2v) is 3.36. The molecule has 0 bridgehead atoms. The van der Waals surface area contributed by atoms with E-state index in [9.17, 15) is 9.59 Å². The third-order valence-electron chi connectivity index (χ3n) is 1.95. The average molecular weight is 188 g/mol. The van der Waals surface area contributed by atoms with Crippen molar-refractivity contribution >= 4 is 11.9 Å². The fraction of sp³-hybridized carbons (Fsp3) is 0.750. The van der Waals surface area contributed by atoms with Crippen LogP contribution in [0.15, 0.2) is 0 Å². The first-order chi connectivity index (χ1) is 6.08. The van der Waals surface area contributed by atoms with Crippen LogP contribution < -0.4 is 0 Å². The van der Waals surface area contributed by atoms with E-state index in [-0.39, 0.29) is 32.0 Å². The zero-order valence-electron chi connectivity index (χ0n) is 7.41. The maximum atomic E-state index is 10.9. The van der Waals surface area contributed by atoms with Crippen molar-refractivity contribution in [1.29, 1.82) is 0 Å². The molecule has 0 amide bonds. The molecule has 5 heteroatoms. The summed E-state index contributed by atoms with van der Waals surface area (Å²) in [6.07, 6.45) is -0.579. The van der Waals surface area contributed by atoms with E-state index < -0.39 is 11.6 Å². The van der Waals surface area contributed by atoms with Crippen LogP contribution in [0, 0.1) is 5.41 Å². The number of ether oxygens (including phenoxy) is 2. The summed E-state index contributed by atoms with van der Waals surface area (Å²) >= 11 is 0. The van der Waals surface area contributed by atoms with Crippen molar-refractivity contribution in [2.75, 3.05) is 19.8 Å².